The number of carbonyl (C=O) groups excluding carboxylic acids is 1. The number of amides is 1. The number of ether oxygens (including phenoxy) is 1. The number of benzene rings is 3. The highest BCUT2D eigenvalue weighted by Gasteiger charge is 2.17. The van der Waals surface area contributed by atoms with Crippen LogP contribution < -0.4 is 21.5 Å². The summed E-state index contributed by atoms with van der Waals surface area (Å²) in [5.74, 6) is 0.567. The quantitative estimate of drug-likeness (QED) is 0.144. The number of hydrogen-bond donors (Lipinski definition) is 3. The van der Waals surface area contributed by atoms with Crippen LogP contribution in [0.25, 0.3) is 21.5 Å². The third-order valence-electron chi connectivity index (χ3n) is 6.72. The van der Waals surface area contributed by atoms with Gasteiger partial charge in [0.2, 0.25) is 0 Å². The second-order valence-electron chi connectivity index (χ2n) is 9.40. The predicted molar refractivity (Wildman–Crippen MR) is 169 cm³/mol. The Labute approximate surface area is 246 Å². The molecule has 0 aliphatic carbocycles. The van der Waals surface area contributed by atoms with Crippen LogP contribution in [0.4, 0.5) is 4.79 Å². The monoisotopic (exact) mass is 586 g/mol. The van der Waals surface area contributed by atoms with E-state index in [-0.39, 0.29) is 55.4 Å². The largest absolute Gasteiger partial charge is 0.415 e. The molecule has 3 aromatic carbocycles. The average Bonchev–Trinajstić information content (AvgIpc) is 2.89. The molecule has 0 heterocycles. The fraction of sp³-hybridized carbons (Fsp3) is 0.483. The van der Waals surface area contributed by atoms with E-state index < -0.39 is 0 Å². The molecule has 3 aromatic rings. The molecule has 2 atom stereocenters. The molecule has 0 fully saturated rings. The first-order valence-electron chi connectivity index (χ1n) is 13.1. The molecule has 0 spiro atoms. The summed E-state index contributed by atoms with van der Waals surface area (Å²) in [6.07, 6.45) is 5.25. The highest BCUT2D eigenvalue weighted by atomic mass is 35.5. The van der Waals surface area contributed by atoms with Crippen LogP contribution in [-0.2, 0) is 0 Å². The number of rotatable bonds is 14. The van der Waals surface area contributed by atoms with E-state index in [2.05, 4.69) is 43.4 Å². The van der Waals surface area contributed by atoms with E-state index in [1.165, 1.54) is 5.39 Å². The molecule has 38 heavy (non-hydrogen) atoms. The molecule has 2 unspecified atom stereocenters. The van der Waals surface area contributed by atoms with E-state index in [0.29, 0.717) is 18.8 Å². The lowest BCUT2D eigenvalue weighted by Gasteiger charge is -2.23. The van der Waals surface area contributed by atoms with E-state index in [1.54, 1.807) is 4.90 Å². The Kier molecular flexibility index (Phi) is 18.4. The van der Waals surface area contributed by atoms with Gasteiger partial charge in [-0.15, -0.1) is 37.2 Å². The lowest BCUT2D eigenvalue weighted by molar-refractivity contribution is 0.149. The number of nitrogens with one attached hydrogen (secondary N) is 1. The van der Waals surface area contributed by atoms with Gasteiger partial charge in [0.1, 0.15) is 5.75 Å². The summed E-state index contributed by atoms with van der Waals surface area (Å²) in [7, 11) is 0. The fourth-order valence-corrected chi connectivity index (χ4v) is 4.20. The maximum Gasteiger partial charge on any atom is 0.415 e. The molecule has 0 bridgehead atoms. The summed E-state index contributed by atoms with van der Waals surface area (Å²) in [5, 5.41) is 7.99. The third kappa shape index (κ3) is 11.1. The maximum atomic E-state index is 13.1. The predicted octanol–water partition coefficient (Wildman–Crippen LogP) is 6.68. The first-order valence-corrected chi connectivity index (χ1v) is 13.1. The van der Waals surface area contributed by atoms with Gasteiger partial charge in [0.25, 0.3) is 0 Å². The summed E-state index contributed by atoms with van der Waals surface area (Å²) in [6.45, 7) is 7.30. The molecular weight excluding hydrogens is 543 g/mol. The Hall–Kier alpha value is -1.80. The van der Waals surface area contributed by atoms with Crippen molar-refractivity contribution in [2.24, 2.45) is 11.5 Å². The van der Waals surface area contributed by atoms with Crippen LogP contribution in [0.5, 0.6) is 5.75 Å². The van der Waals surface area contributed by atoms with Gasteiger partial charge >= 0.3 is 6.09 Å². The molecule has 1 amide bonds. The van der Waals surface area contributed by atoms with Crippen LogP contribution in [0.2, 0.25) is 0 Å². The smallest absolute Gasteiger partial charge is 0.410 e. The highest BCUT2D eigenvalue weighted by molar-refractivity contribution is 6.07. The lowest BCUT2D eigenvalue weighted by Crippen LogP contribution is -2.38. The van der Waals surface area contributed by atoms with Crippen molar-refractivity contribution in [3.63, 3.8) is 0 Å². The van der Waals surface area contributed by atoms with Crippen molar-refractivity contribution in [3.05, 3.63) is 54.6 Å². The molecule has 0 saturated carbocycles. The lowest BCUT2D eigenvalue weighted by atomic mass is 10.0. The summed E-state index contributed by atoms with van der Waals surface area (Å²) in [6, 6.07) is 18.7. The van der Waals surface area contributed by atoms with Crippen LogP contribution in [0.3, 0.4) is 0 Å². The van der Waals surface area contributed by atoms with Gasteiger partial charge < -0.3 is 26.4 Å². The summed E-state index contributed by atoms with van der Waals surface area (Å²) >= 11 is 0. The van der Waals surface area contributed by atoms with Crippen LogP contribution in [0.15, 0.2) is 54.6 Å². The van der Waals surface area contributed by atoms with E-state index in [0.717, 1.165) is 67.8 Å². The van der Waals surface area contributed by atoms with Crippen LogP contribution in [0, 0.1) is 0 Å². The second kappa shape index (κ2) is 19.3. The van der Waals surface area contributed by atoms with Crippen molar-refractivity contribution >= 4 is 64.9 Å². The Balaban J connectivity index is 0.00000456. The van der Waals surface area contributed by atoms with Crippen LogP contribution >= 0.6 is 37.2 Å². The first-order chi connectivity index (χ1) is 17.0. The van der Waals surface area contributed by atoms with Crippen molar-refractivity contribution in [3.8, 4) is 5.75 Å². The van der Waals surface area contributed by atoms with Gasteiger partial charge in [0, 0.05) is 25.2 Å². The number of halogens is 3. The van der Waals surface area contributed by atoms with Gasteiger partial charge in [0.15, 0.2) is 0 Å². The average molecular weight is 588 g/mol. The minimum Gasteiger partial charge on any atom is -0.410 e. The minimum atomic E-state index is -0.310. The molecular formula is C29H45Cl3N4O2. The Bertz CT molecular complexity index is 1090. The van der Waals surface area contributed by atoms with Crippen molar-refractivity contribution in [2.75, 3.05) is 26.2 Å². The zero-order chi connectivity index (χ0) is 25.0. The van der Waals surface area contributed by atoms with E-state index in [1.807, 2.05) is 30.3 Å². The molecule has 9 heteroatoms. The standard InChI is InChI=1S/C29H42N4O2.3ClH/c1-3-24(30)15-18-32-17-7-8-19-33(20-16-25(31)4-2)29(34)35-26-14-13-23-12-11-22-9-5-6-10-27(22)28(23)21-26;;;/h5-6,9-14,21,24-25,32H,3-4,7-8,15-20,30-31H2,1-2H3;3*1H. The topological polar surface area (TPSA) is 93.6 Å². The number of carbonyl (C=O) groups is 1. The van der Waals surface area contributed by atoms with E-state index >= 15 is 0 Å². The Morgan fingerprint density at radius 3 is 2.16 bits per heavy atom. The first kappa shape index (κ1) is 36.2. The summed E-state index contributed by atoms with van der Waals surface area (Å²) in [4.78, 5) is 14.9. The molecule has 214 valence electrons. The third-order valence-corrected chi connectivity index (χ3v) is 6.72. The zero-order valence-electron chi connectivity index (χ0n) is 22.6. The van der Waals surface area contributed by atoms with Gasteiger partial charge in [-0.2, -0.15) is 0 Å². The molecule has 0 aromatic heterocycles. The highest BCUT2D eigenvalue weighted by Crippen LogP contribution is 2.29. The van der Waals surface area contributed by atoms with Gasteiger partial charge in [-0.1, -0.05) is 56.3 Å². The van der Waals surface area contributed by atoms with Crippen LogP contribution in [0.1, 0.15) is 52.4 Å². The Morgan fingerprint density at radius 2 is 1.45 bits per heavy atom. The second-order valence-corrected chi connectivity index (χ2v) is 9.40. The molecule has 0 radical (unpaired) electrons. The molecule has 0 aliphatic rings. The summed E-state index contributed by atoms with van der Waals surface area (Å²) in [5.41, 5.74) is 12.1. The maximum absolute atomic E-state index is 13.1. The molecule has 0 aliphatic heterocycles. The molecule has 5 N–H and O–H groups in total. The molecule has 3 rings (SSSR count). The SMILES string of the molecule is CCC(N)CCNCCCCN(CCC(N)CC)C(=O)Oc1ccc2ccc3ccccc3c2c1.Cl.Cl.Cl. The fourth-order valence-electron chi connectivity index (χ4n) is 4.20. The zero-order valence-corrected chi connectivity index (χ0v) is 25.0. The molecule has 0 saturated heterocycles. The normalized spacial score (nSPS) is 12.1. The van der Waals surface area contributed by atoms with Gasteiger partial charge in [-0.25, -0.2) is 4.79 Å². The van der Waals surface area contributed by atoms with Gasteiger partial charge in [-0.05, 0) is 85.3 Å². The van der Waals surface area contributed by atoms with Crippen molar-refractivity contribution in [2.45, 2.75) is 64.5 Å². The molecule has 6 nitrogen and oxygen atoms in total. The number of nitrogens with zero attached hydrogens (tertiary/aromatic N) is 1. The van der Waals surface area contributed by atoms with Crippen LogP contribution in [-0.4, -0.2) is 49.3 Å². The van der Waals surface area contributed by atoms with E-state index in [9.17, 15) is 4.79 Å². The van der Waals surface area contributed by atoms with Gasteiger partial charge in [-0.3, -0.25) is 0 Å². The van der Waals surface area contributed by atoms with Crippen molar-refractivity contribution < 1.29 is 9.53 Å². The van der Waals surface area contributed by atoms with Gasteiger partial charge in [0.05, 0.1) is 0 Å². The Morgan fingerprint density at radius 1 is 0.816 bits per heavy atom. The number of unbranched alkanes of at least 4 members (excludes halogenated alkanes) is 1. The minimum absolute atomic E-state index is 0. The van der Waals surface area contributed by atoms with Crippen molar-refractivity contribution in [1.82, 2.24) is 10.2 Å². The summed E-state index contributed by atoms with van der Waals surface area (Å²) < 4.78 is 5.85. The van der Waals surface area contributed by atoms with E-state index in [4.69, 9.17) is 16.2 Å². The number of hydrogen-bond acceptors (Lipinski definition) is 5. The van der Waals surface area contributed by atoms with Crippen molar-refractivity contribution in [1.29, 1.82) is 0 Å². The number of fused-ring (bicyclic) bond motifs is 3. The number of nitrogens with two attached hydrogens (primary N) is 2.